The molecule has 0 spiro atoms. The Labute approximate surface area is 183 Å². The molecule has 1 aromatic carbocycles. The number of sulfonamides is 1. The monoisotopic (exact) mass is 466 g/mol. The van der Waals surface area contributed by atoms with Crippen LogP contribution >= 0.6 is 0 Å². The summed E-state index contributed by atoms with van der Waals surface area (Å²) in [4.78, 5) is 12.7. The van der Waals surface area contributed by atoms with E-state index in [-0.39, 0.29) is 18.7 Å². The van der Waals surface area contributed by atoms with E-state index in [2.05, 4.69) is 30.3 Å². The predicted molar refractivity (Wildman–Crippen MR) is 115 cm³/mol. The zero-order valence-corrected chi connectivity index (χ0v) is 17.8. The molecule has 170 valence electrons. The van der Waals surface area contributed by atoms with Crippen LogP contribution < -0.4 is 15.4 Å². The van der Waals surface area contributed by atoms with Gasteiger partial charge in [-0.15, -0.1) is 0 Å². The number of hydrogen-bond donors (Lipinski definition) is 3. The molecule has 3 N–H and O–H groups in total. The molecule has 3 aromatic rings. The molecule has 0 amide bonds. The van der Waals surface area contributed by atoms with Crippen LogP contribution in [0.4, 0.5) is 30.6 Å². The molecule has 0 aliphatic heterocycles. The van der Waals surface area contributed by atoms with Crippen molar-refractivity contribution in [3.63, 3.8) is 0 Å². The zero-order chi connectivity index (χ0) is 23.2. The van der Waals surface area contributed by atoms with Gasteiger partial charge >= 0.3 is 6.18 Å². The molecule has 0 bridgehead atoms. The first-order valence-corrected chi connectivity index (χ1v) is 11.2. The van der Waals surface area contributed by atoms with Gasteiger partial charge in [0, 0.05) is 25.4 Å². The van der Waals surface area contributed by atoms with Gasteiger partial charge in [0.25, 0.3) is 0 Å². The highest BCUT2D eigenvalue weighted by molar-refractivity contribution is 7.88. The van der Waals surface area contributed by atoms with Crippen LogP contribution in [0.2, 0.25) is 0 Å². The van der Waals surface area contributed by atoms with Gasteiger partial charge in [-0.1, -0.05) is 18.2 Å². The number of anilines is 3. The highest BCUT2D eigenvalue weighted by Gasteiger charge is 2.30. The van der Waals surface area contributed by atoms with Crippen LogP contribution in [-0.4, -0.2) is 36.5 Å². The molecule has 0 aliphatic carbocycles. The van der Waals surface area contributed by atoms with Crippen LogP contribution in [0.1, 0.15) is 17.0 Å². The molecule has 0 aliphatic rings. The van der Waals surface area contributed by atoms with Crippen molar-refractivity contribution in [2.24, 2.45) is 0 Å². The Morgan fingerprint density at radius 1 is 0.938 bits per heavy atom. The second-order valence-electron chi connectivity index (χ2n) is 6.80. The first-order valence-electron chi connectivity index (χ1n) is 9.52. The van der Waals surface area contributed by atoms with Crippen LogP contribution in [0.3, 0.4) is 0 Å². The van der Waals surface area contributed by atoms with Gasteiger partial charge < -0.3 is 10.6 Å². The normalized spacial score (nSPS) is 11.9. The number of aromatic nitrogens is 3. The maximum atomic E-state index is 12.6. The largest absolute Gasteiger partial charge is 0.416 e. The van der Waals surface area contributed by atoms with E-state index in [0.717, 1.165) is 24.3 Å². The molecule has 0 atom stereocenters. The first kappa shape index (κ1) is 23.4. The van der Waals surface area contributed by atoms with E-state index >= 15 is 0 Å². The zero-order valence-electron chi connectivity index (χ0n) is 17.0. The van der Waals surface area contributed by atoms with E-state index in [1.807, 2.05) is 6.07 Å². The van der Waals surface area contributed by atoms with E-state index in [1.165, 1.54) is 0 Å². The summed E-state index contributed by atoms with van der Waals surface area (Å²) in [6, 6.07) is 11.1. The van der Waals surface area contributed by atoms with E-state index in [1.54, 1.807) is 31.3 Å². The van der Waals surface area contributed by atoms with Gasteiger partial charge in [-0.25, -0.2) is 28.1 Å². The lowest BCUT2D eigenvalue weighted by atomic mass is 10.1. The topological polar surface area (TPSA) is 109 Å². The summed E-state index contributed by atoms with van der Waals surface area (Å²) in [7, 11) is -3.72. The Bertz CT molecular complexity index is 1140. The average molecular weight is 466 g/mol. The van der Waals surface area contributed by atoms with Crippen molar-refractivity contribution >= 4 is 27.5 Å². The molecule has 3 rings (SSSR count). The minimum Gasteiger partial charge on any atom is -0.369 e. The van der Waals surface area contributed by atoms with Crippen molar-refractivity contribution < 1.29 is 21.6 Å². The standard InChI is InChI=1S/C20H21F3N6O2S/c1-14-27-18(12-19(28-14)29-17-4-2-3-9-24-17)25-10-11-26-32(30,31)13-15-5-7-16(8-6-15)20(21,22)23/h2-9,12,26H,10-11,13H2,1H3,(H2,24,25,27,28,29). The van der Waals surface area contributed by atoms with Crippen LogP contribution in [0.5, 0.6) is 0 Å². The molecule has 0 unspecified atom stereocenters. The van der Waals surface area contributed by atoms with Crippen LogP contribution in [-0.2, 0) is 22.0 Å². The van der Waals surface area contributed by atoms with E-state index in [9.17, 15) is 21.6 Å². The lowest BCUT2D eigenvalue weighted by molar-refractivity contribution is -0.137. The summed E-state index contributed by atoms with van der Waals surface area (Å²) in [6.45, 7) is 2.03. The van der Waals surface area contributed by atoms with Crippen molar-refractivity contribution in [2.45, 2.75) is 18.9 Å². The summed E-state index contributed by atoms with van der Waals surface area (Å²) in [6.07, 6.45) is -2.82. The number of benzene rings is 1. The average Bonchev–Trinajstić information content (AvgIpc) is 2.71. The van der Waals surface area contributed by atoms with Crippen LogP contribution in [0.25, 0.3) is 0 Å². The molecule has 0 fully saturated rings. The number of rotatable bonds is 9. The number of aryl methyl sites for hydroxylation is 1. The Kier molecular flexibility index (Phi) is 7.26. The van der Waals surface area contributed by atoms with Gasteiger partial charge in [-0.2, -0.15) is 13.2 Å². The molecular weight excluding hydrogens is 445 g/mol. The van der Waals surface area contributed by atoms with E-state index in [0.29, 0.717) is 23.3 Å². The van der Waals surface area contributed by atoms with Gasteiger partial charge in [-0.05, 0) is 36.8 Å². The Balaban J connectivity index is 1.51. The molecular formula is C20H21F3N6O2S. The quantitative estimate of drug-likeness (QED) is 0.414. The molecule has 2 heterocycles. The molecule has 0 radical (unpaired) electrons. The summed E-state index contributed by atoms with van der Waals surface area (Å²) in [5.74, 6) is 1.74. The second kappa shape index (κ2) is 9.92. The number of nitrogens with one attached hydrogen (secondary N) is 3. The second-order valence-corrected chi connectivity index (χ2v) is 8.61. The highest BCUT2D eigenvalue weighted by atomic mass is 32.2. The maximum Gasteiger partial charge on any atom is 0.416 e. The third-order valence-electron chi connectivity index (χ3n) is 4.15. The Hall–Kier alpha value is -3.25. The molecule has 0 saturated heterocycles. The number of alkyl halides is 3. The molecule has 0 saturated carbocycles. The third kappa shape index (κ3) is 7.17. The first-order chi connectivity index (χ1) is 15.1. The van der Waals surface area contributed by atoms with Gasteiger partial charge in [0.2, 0.25) is 10.0 Å². The Morgan fingerprint density at radius 3 is 2.31 bits per heavy atom. The molecule has 32 heavy (non-hydrogen) atoms. The fourth-order valence-corrected chi connectivity index (χ4v) is 3.89. The lowest BCUT2D eigenvalue weighted by Gasteiger charge is -2.11. The fraction of sp³-hybridized carbons (Fsp3) is 0.250. The van der Waals surface area contributed by atoms with Crippen molar-refractivity contribution in [1.29, 1.82) is 0 Å². The summed E-state index contributed by atoms with van der Waals surface area (Å²) >= 11 is 0. The van der Waals surface area contributed by atoms with Gasteiger partial charge in [0.05, 0.1) is 11.3 Å². The number of hydrogen-bond acceptors (Lipinski definition) is 7. The summed E-state index contributed by atoms with van der Waals surface area (Å²) < 4.78 is 64.6. The maximum absolute atomic E-state index is 12.6. The smallest absolute Gasteiger partial charge is 0.369 e. The van der Waals surface area contributed by atoms with Crippen molar-refractivity contribution in [1.82, 2.24) is 19.7 Å². The van der Waals surface area contributed by atoms with Crippen molar-refractivity contribution in [3.8, 4) is 0 Å². The van der Waals surface area contributed by atoms with E-state index in [4.69, 9.17) is 0 Å². The van der Waals surface area contributed by atoms with Gasteiger partial charge in [0.15, 0.2) is 0 Å². The SMILES string of the molecule is Cc1nc(NCCNS(=O)(=O)Cc2ccc(C(F)(F)F)cc2)cc(Nc2ccccn2)n1. The lowest BCUT2D eigenvalue weighted by Crippen LogP contribution is -2.30. The van der Waals surface area contributed by atoms with E-state index < -0.39 is 27.5 Å². The molecule has 12 heteroatoms. The van der Waals surface area contributed by atoms with Gasteiger partial charge in [-0.3, -0.25) is 0 Å². The van der Waals surface area contributed by atoms with Crippen LogP contribution in [0.15, 0.2) is 54.7 Å². The minimum absolute atomic E-state index is 0.0645. The van der Waals surface area contributed by atoms with Crippen LogP contribution in [0, 0.1) is 6.92 Å². The van der Waals surface area contributed by atoms with Crippen molar-refractivity contribution in [3.05, 3.63) is 71.7 Å². The Morgan fingerprint density at radius 2 is 1.66 bits per heavy atom. The van der Waals surface area contributed by atoms with Crippen molar-refractivity contribution in [2.75, 3.05) is 23.7 Å². The highest BCUT2D eigenvalue weighted by Crippen LogP contribution is 2.29. The predicted octanol–water partition coefficient (Wildman–Crippen LogP) is 3.47. The summed E-state index contributed by atoms with van der Waals surface area (Å²) in [5.41, 5.74) is -0.567. The number of halogens is 3. The molecule has 8 nitrogen and oxygen atoms in total. The number of nitrogens with zero attached hydrogens (tertiary/aromatic N) is 3. The third-order valence-corrected chi connectivity index (χ3v) is 5.51. The minimum atomic E-state index is -4.46. The van der Waals surface area contributed by atoms with Gasteiger partial charge in [0.1, 0.15) is 23.3 Å². The molecule has 2 aromatic heterocycles. The fourth-order valence-electron chi connectivity index (χ4n) is 2.75. The number of pyridine rings is 1. The summed E-state index contributed by atoms with van der Waals surface area (Å²) in [5, 5.41) is 6.06.